The minimum absolute atomic E-state index is 0. The Balaban J connectivity index is 0.00000208. The molecule has 0 saturated heterocycles. The summed E-state index contributed by atoms with van der Waals surface area (Å²) in [5.41, 5.74) is 3.40. The first-order valence-electron chi connectivity index (χ1n) is 7.65. The van der Waals surface area contributed by atoms with Gasteiger partial charge in [-0.25, -0.2) is 0 Å². The molecule has 1 heterocycles. The van der Waals surface area contributed by atoms with Gasteiger partial charge in [-0.3, -0.25) is 4.79 Å². The van der Waals surface area contributed by atoms with E-state index in [1.54, 1.807) is 18.2 Å². The van der Waals surface area contributed by atoms with E-state index in [2.05, 4.69) is 28.8 Å². The highest BCUT2D eigenvalue weighted by molar-refractivity contribution is 6.35. The molecule has 0 radical (unpaired) electrons. The lowest BCUT2D eigenvalue weighted by Crippen LogP contribution is -2.39. The normalized spacial score (nSPS) is 16.0. The van der Waals surface area contributed by atoms with Crippen LogP contribution in [0.1, 0.15) is 22.7 Å². The molecule has 0 aromatic heterocycles. The van der Waals surface area contributed by atoms with Crippen molar-refractivity contribution in [2.45, 2.75) is 18.9 Å². The number of hydrogen-bond donors (Lipinski definition) is 2. The van der Waals surface area contributed by atoms with Crippen molar-refractivity contribution in [3.63, 3.8) is 0 Å². The van der Waals surface area contributed by atoms with Gasteiger partial charge in [-0.2, -0.15) is 0 Å². The monoisotopic (exact) mass is 384 g/mol. The van der Waals surface area contributed by atoms with Gasteiger partial charge in [0.25, 0.3) is 0 Å². The lowest BCUT2D eigenvalue weighted by molar-refractivity contribution is -0.120. The molecule has 0 spiro atoms. The van der Waals surface area contributed by atoms with Crippen LogP contribution in [0.4, 0.5) is 0 Å². The highest BCUT2D eigenvalue weighted by Gasteiger charge is 2.19. The second-order valence-corrected chi connectivity index (χ2v) is 6.52. The summed E-state index contributed by atoms with van der Waals surface area (Å²) in [7, 11) is 0. The van der Waals surface area contributed by atoms with Crippen LogP contribution in [0, 0.1) is 0 Å². The smallest absolute Gasteiger partial charge is 0.224 e. The molecule has 2 aromatic rings. The van der Waals surface area contributed by atoms with E-state index in [0.717, 1.165) is 18.5 Å². The van der Waals surface area contributed by atoms with E-state index >= 15 is 0 Å². The molecule has 1 unspecified atom stereocenters. The minimum Gasteiger partial charge on any atom is -0.354 e. The van der Waals surface area contributed by atoms with Crippen LogP contribution in [0.3, 0.4) is 0 Å². The van der Waals surface area contributed by atoms with E-state index in [0.29, 0.717) is 16.6 Å². The van der Waals surface area contributed by atoms with Crippen molar-refractivity contribution < 1.29 is 4.79 Å². The molecule has 1 aliphatic rings. The van der Waals surface area contributed by atoms with Crippen LogP contribution in [0.5, 0.6) is 0 Å². The molecule has 6 heteroatoms. The fraction of sp³-hybridized carbons (Fsp3) is 0.278. The van der Waals surface area contributed by atoms with Crippen molar-refractivity contribution in [1.82, 2.24) is 10.6 Å². The van der Waals surface area contributed by atoms with E-state index in [-0.39, 0.29) is 30.8 Å². The predicted molar refractivity (Wildman–Crippen MR) is 101 cm³/mol. The molecule has 2 N–H and O–H groups in total. The third kappa shape index (κ3) is 4.64. The van der Waals surface area contributed by atoms with Crippen molar-refractivity contribution >= 4 is 41.5 Å². The molecular weight excluding hydrogens is 367 g/mol. The topological polar surface area (TPSA) is 41.1 Å². The zero-order valence-electron chi connectivity index (χ0n) is 13.0. The maximum absolute atomic E-state index is 12.2. The third-order valence-corrected chi connectivity index (χ3v) is 4.67. The Bertz CT molecular complexity index is 721. The molecular formula is C18H19Cl3N2O. The fourth-order valence-electron chi connectivity index (χ4n) is 2.89. The Labute approximate surface area is 158 Å². The molecule has 128 valence electrons. The Kier molecular flexibility index (Phi) is 6.93. The second-order valence-electron chi connectivity index (χ2n) is 5.67. The fourth-order valence-corrected chi connectivity index (χ4v) is 3.37. The molecule has 0 aliphatic carbocycles. The van der Waals surface area contributed by atoms with E-state index in [1.165, 1.54) is 11.1 Å². The maximum Gasteiger partial charge on any atom is 0.224 e. The minimum atomic E-state index is -0.0425. The average molecular weight is 386 g/mol. The Hall–Kier alpha value is -1.26. The Morgan fingerprint density at radius 2 is 2.00 bits per heavy atom. The van der Waals surface area contributed by atoms with Crippen molar-refractivity contribution in [3.8, 4) is 0 Å². The number of benzene rings is 2. The van der Waals surface area contributed by atoms with Crippen LogP contribution >= 0.6 is 35.6 Å². The number of fused-ring (bicyclic) bond motifs is 1. The third-order valence-electron chi connectivity index (χ3n) is 4.09. The molecule has 3 rings (SSSR count). The molecule has 0 bridgehead atoms. The molecule has 2 aromatic carbocycles. The lowest BCUT2D eigenvalue weighted by Gasteiger charge is -2.27. The van der Waals surface area contributed by atoms with Crippen molar-refractivity contribution in [3.05, 3.63) is 69.2 Å². The molecule has 24 heavy (non-hydrogen) atoms. The van der Waals surface area contributed by atoms with Gasteiger partial charge in [0.05, 0.1) is 6.42 Å². The molecule has 0 fully saturated rings. The van der Waals surface area contributed by atoms with Crippen LogP contribution < -0.4 is 10.6 Å². The Morgan fingerprint density at radius 3 is 2.79 bits per heavy atom. The van der Waals surface area contributed by atoms with Crippen LogP contribution in [0.15, 0.2) is 42.5 Å². The van der Waals surface area contributed by atoms with Gasteiger partial charge >= 0.3 is 0 Å². The molecule has 1 amide bonds. The first kappa shape index (κ1) is 19.1. The van der Waals surface area contributed by atoms with E-state index in [9.17, 15) is 4.79 Å². The first-order valence-corrected chi connectivity index (χ1v) is 8.41. The number of nitrogens with one attached hydrogen (secondary N) is 2. The van der Waals surface area contributed by atoms with Gasteiger partial charge in [0.1, 0.15) is 0 Å². The van der Waals surface area contributed by atoms with Gasteiger partial charge in [-0.15, -0.1) is 12.4 Å². The van der Waals surface area contributed by atoms with Crippen molar-refractivity contribution in [1.29, 1.82) is 0 Å². The van der Waals surface area contributed by atoms with Gasteiger partial charge in [0.2, 0.25) is 5.91 Å². The zero-order valence-corrected chi connectivity index (χ0v) is 15.3. The van der Waals surface area contributed by atoms with Gasteiger partial charge in [0.15, 0.2) is 0 Å². The predicted octanol–water partition coefficient (Wildman–Crippen LogP) is 3.96. The number of carbonyl (C=O) groups excluding carboxylic acids is 1. The summed E-state index contributed by atoms with van der Waals surface area (Å²) in [6.45, 7) is 1.50. The van der Waals surface area contributed by atoms with Crippen LogP contribution in [-0.2, 0) is 17.6 Å². The Morgan fingerprint density at radius 1 is 1.21 bits per heavy atom. The van der Waals surface area contributed by atoms with Gasteiger partial charge < -0.3 is 10.6 Å². The summed E-state index contributed by atoms with van der Waals surface area (Å²) < 4.78 is 0. The summed E-state index contributed by atoms with van der Waals surface area (Å²) in [4.78, 5) is 12.2. The maximum atomic E-state index is 12.2. The van der Waals surface area contributed by atoms with Crippen LogP contribution in [0.25, 0.3) is 0 Å². The van der Waals surface area contributed by atoms with E-state index in [4.69, 9.17) is 23.2 Å². The number of amides is 1. The summed E-state index contributed by atoms with van der Waals surface area (Å²) in [5.74, 6) is -0.0425. The van der Waals surface area contributed by atoms with E-state index < -0.39 is 0 Å². The molecule has 1 aliphatic heterocycles. The number of hydrogen-bond acceptors (Lipinski definition) is 2. The second kappa shape index (κ2) is 8.72. The summed E-state index contributed by atoms with van der Waals surface area (Å²) in [6.07, 6.45) is 1.28. The van der Waals surface area contributed by atoms with Crippen molar-refractivity contribution in [2.75, 3.05) is 13.1 Å². The number of rotatable bonds is 4. The van der Waals surface area contributed by atoms with Gasteiger partial charge in [-0.1, -0.05) is 53.5 Å². The molecule has 0 saturated carbocycles. The summed E-state index contributed by atoms with van der Waals surface area (Å²) >= 11 is 12.0. The van der Waals surface area contributed by atoms with Crippen LogP contribution in [0.2, 0.25) is 10.0 Å². The SMILES string of the molecule is Cl.O=C(Cc1ccc(Cl)cc1Cl)NCC1NCCc2ccccc21. The first-order chi connectivity index (χ1) is 11.1. The quantitative estimate of drug-likeness (QED) is 0.836. The standard InChI is InChI=1S/C18H18Cl2N2O.ClH/c19-14-6-5-13(16(20)10-14)9-18(23)22-11-17-15-4-2-1-3-12(15)7-8-21-17;/h1-6,10,17,21H,7-9,11H2,(H,22,23);1H. The highest BCUT2D eigenvalue weighted by atomic mass is 35.5. The number of halogens is 3. The number of carbonyl (C=O) groups is 1. The highest BCUT2D eigenvalue weighted by Crippen LogP contribution is 2.23. The average Bonchev–Trinajstić information content (AvgIpc) is 2.55. The van der Waals surface area contributed by atoms with Gasteiger partial charge in [0, 0.05) is 22.6 Å². The summed E-state index contributed by atoms with van der Waals surface area (Å²) in [5, 5.41) is 7.54. The zero-order chi connectivity index (χ0) is 16.2. The van der Waals surface area contributed by atoms with Crippen LogP contribution in [-0.4, -0.2) is 19.0 Å². The molecule has 3 nitrogen and oxygen atoms in total. The van der Waals surface area contributed by atoms with Gasteiger partial charge in [-0.05, 0) is 41.8 Å². The van der Waals surface area contributed by atoms with Crippen molar-refractivity contribution in [2.24, 2.45) is 0 Å². The molecule has 1 atom stereocenters. The summed E-state index contributed by atoms with van der Waals surface area (Å²) in [6, 6.07) is 13.7. The lowest BCUT2D eigenvalue weighted by atomic mass is 9.94. The van der Waals surface area contributed by atoms with E-state index in [1.807, 2.05) is 6.07 Å². The largest absolute Gasteiger partial charge is 0.354 e.